The average molecular weight is 795 g/mol. The molecule has 1 fully saturated rings. The van der Waals surface area contributed by atoms with Crippen molar-refractivity contribution in [1.29, 1.82) is 0 Å². The van der Waals surface area contributed by atoms with E-state index in [-0.39, 0.29) is 24.8 Å². The molecule has 0 saturated carbocycles. The van der Waals surface area contributed by atoms with Crippen LogP contribution in [0.1, 0.15) is 125 Å². The van der Waals surface area contributed by atoms with Gasteiger partial charge in [-0.2, -0.15) is 0 Å². The first-order chi connectivity index (χ1) is 26.1. The zero-order chi connectivity index (χ0) is 42.7. The molecule has 55 heavy (non-hydrogen) atoms. The van der Waals surface area contributed by atoms with Crippen LogP contribution in [0.25, 0.3) is 10.4 Å². The number of unbranched alkanes of at least 4 members (excludes halogenated alkanes) is 2. The Kier molecular flexibility index (Phi) is 37.5. The van der Waals surface area contributed by atoms with E-state index in [1.54, 1.807) is 11.3 Å². The summed E-state index contributed by atoms with van der Waals surface area (Å²) < 4.78 is 15.9. The summed E-state index contributed by atoms with van der Waals surface area (Å²) in [7, 11) is 4.16. The van der Waals surface area contributed by atoms with E-state index in [0.29, 0.717) is 45.2 Å². The Bertz CT molecular complexity index is 1190. The van der Waals surface area contributed by atoms with Crippen molar-refractivity contribution in [1.82, 2.24) is 20.5 Å². The molecule has 1 aromatic heterocycles. The third-order valence-corrected chi connectivity index (χ3v) is 8.27. The molecule has 0 bridgehead atoms. The predicted molar refractivity (Wildman–Crippen MR) is 230 cm³/mol. The lowest BCUT2D eigenvalue weighted by atomic mass is 10.1. The Balaban J connectivity index is -0.000000739. The third kappa shape index (κ3) is 35.1. The van der Waals surface area contributed by atoms with Gasteiger partial charge in [0.2, 0.25) is 5.91 Å². The maximum Gasteiger partial charge on any atom is 0.306 e. The Labute approximate surface area is 339 Å². The highest BCUT2D eigenvalue weighted by molar-refractivity contribution is 7.13. The van der Waals surface area contributed by atoms with Crippen LogP contribution in [0.2, 0.25) is 0 Å². The summed E-state index contributed by atoms with van der Waals surface area (Å²) in [4.78, 5) is 48.6. The summed E-state index contributed by atoms with van der Waals surface area (Å²) in [6, 6.07) is 9.09. The molecule has 1 aliphatic heterocycles. The van der Waals surface area contributed by atoms with Crippen molar-refractivity contribution in [3.8, 4) is 10.4 Å². The minimum Gasteiger partial charge on any atom is -0.460 e. The fourth-order valence-electron chi connectivity index (χ4n) is 4.60. The smallest absolute Gasteiger partial charge is 0.306 e. The van der Waals surface area contributed by atoms with Crippen LogP contribution in [-0.4, -0.2) is 101 Å². The summed E-state index contributed by atoms with van der Waals surface area (Å²) in [6.07, 6.45) is 5.31. The van der Waals surface area contributed by atoms with Crippen molar-refractivity contribution in [3.05, 3.63) is 41.0 Å². The number of carbonyl (C=O) groups is 4. The largest absolute Gasteiger partial charge is 0.460 e. The number of amides is 1. The molecule has 318 valence electrons. The zero-order valence-electron chi connectivity index (χ0n) is 36.8. The fourth-order valence-corrected chi connectivity index (χ4v) is 5.41. The molecule has 0 aliphatic carbocycles. The lowest BCUT2D eigenvalue weighted by molar-refractivity contribution is -0.155. The second-order valence-corrected chi connectivity index (χ2v) is 15.5. The number of aryl methyl sites for hydroxylation is 1. The summed E-state index contributed by atoms with van der Waals surface area (Å²) in [5.74, 6) is 1.42. The van der Waals surface area contributed by atoms with Gasteiger partial charge in [-0.25, -0.2) is 4.98 Å². The number of aromatic nitrogens is 1. The van der Waals surface area contributed by atoms with Crippen molar-refractivity contribution in [3.63, 3.8) is 0 Å². The average Bonchev–Trinajstić information content (AvgIpc) is 3.76. The highest BCUT2D eigenvalue weighted by Crippen LogP contribution is 2.28. The van der Waals surface area contributed by atoms with Crippen LogP contribution in [0.5, 0.6) is 0 Å². The lowest BCUT2D eigenvalue weighted by Crippen LogP contribution is -2.26. The number of rotatable bonds is 17. The lowest BCUT2D eigenvalue weighted by Gasteiger charge is -2.19. The quantitative estimate of drug-likeness (QED) is 0.0912. The SMILES string of the molecule is C=O.CC.CC(C)(C)OC(=O)CCCCCOCCOCCC(=O)NCC=O.CC(C)C.CC1CCN(C)C1.CNC(C)c1ccc(-c2scnc2C)cc1. The fraction of sp³-hybridized carbons (Fsp3) is 0.698. The van der Waals surface area contributed by atoms with Crippen LogP contribution in [0.3, 0.4) is 0 Å². The first-order valence-corrected chi connectivity index (χ1v) is 20.7. The molecule has 11 nitrogen and oxygen atoms in total. The van der Waals surface area contributed by atoms with Crippen molar-refractivity contribution >= 4 is 36.3 Å². The Morgan fingerprint density at radius 3 is 2.00 bits per heavy atom. The van der Waals surface area contributed by atoms with Gasteiger partial charge in [-0.1, -0.05) is 72.2 Å². The van der Waals surface area contributed by atoms with E-state index in [0.717, 1.165) is 36.8 Å². The standard InChI is InChI=1S/C17H31NO6.C13H16N2S.C6H13N.C4H10.C2H6.CH2O/c1-17(2,3)24-16(21)7-5-4-6-11-22-13-14-23-12-8-15(20)18-9-10-19;1-9(14-3)11-4-6-12(7-5-11)13-10(2)15-8-16-13;1-6-3-4-7(2)5-6;1-4(2)3;2*1-2/h10H,4-9,11-14H2,1-3H3,(H,18,20);4-9,14H,1-3H3;6H,3-5H2,1-2H3;4H,1-3H3;1-2H3;1H2. The number of esters is 1. The van der Waals surface area contributed by atoms with Gasteiger partial charge in [-0.05, 0) is 97.5 Å². The number of hydrogen-bond acceptors (Lipinski definition) is 11. The van der Waals surface area contributed by atoms with Gasteiger partial charge in [0.15, 0.2) is 0 Å². The molecule has 3 rings (SSSR count). The van der Waals surface area contributed by atoms with Gasteiger partial charge in [-0.15, -0.1) is 11.3 Å². The monoisotopic (exact) mass is 795 g/mol. The van der Waals surface area contributed by atoms with Crippen molar-refractivity contribution < 1.29 is 33.4 Å². The van der Waals surface area contributed by atoms with Crippen LogP contribution in [0.4, 0.5) is 0 Å². The number of thiazole rings is 1. The number of aldehydes is 1. The Morgan fingerprint density at radius 2 is 1.56 bits per heavy atom. The Hall–Kier alpha value is -3.03. The molecule has 1 amide bonds. The number of nitrogens with one attached hydrogen (secondary N) is 2. The summed E-state index contributed by atoms with van der Waals surface area (Å²) >= 11 is 1.70. The van der Waals surface area contributed by atoms with Crippen LogP contribution in [0, 0.1) is 18.8 Å². The first-order valence-electron chi connectivity index (χ1n) is 19.8. The molecule has 2 aromatic rings. The molecule has 1 aliphatic rings. The number of hydrogen-bond donors (Lipinski definition) is 2. The first kappa shape index (κ1) is 56.3. The van der Waals surface area contributed by atoms with E-state index in [2.05, 4.69) is 93.4 Å². The maximum absolute atomic E-state index is 11.5. The van der Waals surface area contributed by atoms with Crippen LogP contribution in [-0.2, 0) is 33.4 Å². The molecule has 0 radical (unpaired) electrons. The number of nitrogens with zero attached hydrogens (tertiary/aromatic N) is 2. The predicted octanol–water partition coefficient (Wildman–Crippen LogP) is 8.49. The maximum atomic E-state index is 11.5. The van der Waals surface area contributed by atoms with Gasteiger partial charge in [0, 0.05) is 32.0 Å². The van der Waals surface area contributed by atoms with Crippen LogP contribution < -0.4 is 10.6 Å². The van der Waals surface area contributed by atoms with Gasteiger partial charge in [-0.3, -0.25) is 9.59 Å². The summed E-state index contributed by atoms with van der Waals surface area (Å²) in [5, 5.41) is 5.67. The van der Waals surface area contributed by atoms with E-state index in [9.17, 15) is 14.4 Å². The number of carbonyl (C=O) groups excluding carboxylic acids is 4. The molecule has 1 saturated heterocycles. The van der Waals surface area contributed by atoms with Gasteiger partial charge in [0.1, 0.15) is 18.7 Å². The van der Waals surface area contributed by atoms with Gasteiger partial charge in [0.05, 0.1) is 42.4 Å². The highest BCUT2D eigenvalue weighted by atomic mass is 32.1. The second-order valence-electron chi connectivity index (χ2n) is 14.6. The topological polar surface area (TPSA) is 136 Å². The number of benzene rings is 1. The molecule has 2 atom stereocenters. The van der Waals surface area contributed by atoms with E-state index in [1.807, 2.05) is 54.0 Å². The molecule has 2 unspecified atom stereocenters. The van der Waals surface area contributed by atoms with E-state index < -0.39 is 5.60 Å². The zero-order valence-corrected chi connectivity index (χ0v) is 37.6. The van der Waals surface area contributed by atoms with E-state index in [1.165, 1.54) is 35.5 Å². The summed E-state index contributed by atoms with van der Waals surface area (Å²) in [5.41, 5.74) is 5.16. The third-order valence-electron chi connectivity index (χ3n) is 7.30. The molecular weight excluding hydrogens is 717 g/mol. The normalized spacial score (nSPS) is 13.7. The van der Waals surface area contributed by atoms with Crippen LogP contribution in [0.15, 0.2) is 29.8 Å². The second kappa shape index (κ2) is 36.6. The van der Waals surface area contributed by atoms with Crippen LogP contribution >= 0.6 is 11.3 Å². The molecule has 12 heteroatoms. The molecular formula is C43H78N4O7S. The molecule has 2 N–H and O–H groups in total. The van der Waals surface area contributed by atoms with Gasteiger partial charge < -0.3 is 39.3 Å². The molecule has 2 heterocycles. The van der Waals surface area contributed by atoms with Gasteiger partial charge >= 0.3 is 5.97 Å². The minimum atomic E-state index is -0.421. The van der Waals surface area contributed by atoms with E-state index in [4.69, 9.17) is 19.0 Å². The minimum absolute atomic E-state index is 0.0376. The van der Waals surface area contributed by atoms with Crippen molar-refractivity contribution in [2.45, 2.75) is 126 Å². The number of ether oxygens (including phenoxy) is 3. The number of likely N-dealkylation sites (tertiary alicyclic amines) is 1. The molecule has 1 aromatic carbocycles. The van der Waals surface area contributed by atoms with Crippen molar-refractivity contribution in [2.24, 2.45) is 11.8 Å². The van der Waals surface area contributed by atoms with E-state index >= 15 is 0 Å². The molecule has 0 spiro atoms. The van der Waals surface area contributed by atoms with Gasteiger partial charge in [0.25, 0.3) is 0 Å². The highest BCUT2D eigenvalue weighted by Gasteiger charge is 2.15. The summed E-state index contributed by atoms with van der Waals surface area (Å²) in [6.45, 7) is 29.1. The van der Waals surface area contributed by atoms with Crippen molar-refractivity contribution in [2.75, 3.05) is 60.2 Å². The Morgan fingerprint density at radius 1 is 0.982 bits per heavy atom.